The van der Waals surface area contributed by atoms with Crippen LogP contribution >= 0.6 is 11.3 Å². The molecule has 0 aliphatic carbocycles. The minimum absolute atomic E-state index is 0.252. The number of nitrogens with zero attached hydrogens (tertiary/aromatic N) is 3. The van der Waals surface area contributed by atoms with Gasteiger partial charge in [-0.25, -0.2) is 4.98 Å². The molecule has 0 aromatic carbocycles. The van der Waals surface area contributed by atoms with Gasteiger partial charge in [-0.05, 0) is 64.3 Å². The van der Waals surface area contributed by atoms with E-state index in [9.17, 15) is 0 Å². The fourth-order valence-corrected chi connectivity index (χ4v) is 4.48. The van der Waals surface area contributed by atoms with Gasteiger partial charge in [-0.1, -0.05) is 6.42 Å². The van der Waals surface area contributed by atoms with Crippen molar-refractivity contribution in [2.24, 2.45) is 4.99 Å². The number of aryl methyl sites for hydroxylation is 2. The van der Waals surface area contributed by atoms with E-state index < -0.39 is 0 Å². The number of aromatic nitrogens is 1. The average Bonchev–Trinajstić information content (AvgIpc) is 3.39. The zero-order valence-corrected chi connectivity index (χ0v) is 17.9. The Morgan fingerprint density at radius 1 is 1.29 bits per heavy atom. The lowest BCUT2D eigenvalue weighted by atomic mass is 10.1. The number of nitrogens with one attached hydrogen (secondary N) is 2. The highest BCUT2D eigenvalue weighted by molar-refractivity contribution is 7.09. The van der Waals surface area contributed by atoms with Crippen molar-refractivity contribution in [3.05, 3.63) is 40.2 Å². The van der Waals surface area contributed by atoms with E-state index in [1.54, 1.807) is 17.6 Å². The van der Waals surface area contributed by atoms with Gasteiger partial charge < -0.3 is 15.1 Å². The summed E-state index contributed by atoms with van der Waals surface area (Å²) in [6, 6.07) is 4.31. The normalized spacial score (nSPS) is 16.9. The van der Waals surface area contributed by atoms with Gasteiger partial charge in [0.15, 0.2) is 5.96 Å². The molecule has 0 spiro atoms. The number of hydrogen-bond acceptors (Lipinski definition) is 5. The Kier molecular flexibility index (Phi) is 8.36. The standard InChI is InChI=1S/C21H33N5OS/c1-17-16-28-20(25-17)10-4-5-11-23-21(22-2)24-15-18(19-9-8-14-27-19)26-12-6-3-7-13-26/h8-9,14,16,18H,3-7,10-13,15H2,1-2H3,(H2,22,23,24). The van der Waals surface area contributed by atoms with Crippen molar-refractivity contribution in [1.29, 1.82) is 0 Å². The summed E-state index contributed by atoms with van der Waals surface area (Å²) in [6.45, 7) is 6.03. The van der Waals surface area contributed by atoms with Crippen molar-refractivity contribution in [2.75, 3.05) is 33.2 Å². The van der Waals surface area contributed by atoms with Crippen LogP contribution in [0.25, 0.3) is 0 Å². The van der Waals surface area contributed by atoms with Crippen LogP contribution in [0.15, 0.2) is 33.2 Å². The number of likely N-dealkylation sites (tertiary alicyclic amines) is 1. The first kappa shape index (κ1) is 20.9. The van der Waals surface area contributed by atoms with E-state index in [-0.39, 0.29) is 6.04 Å². The second-order valence-electron chi connectivity index (χ2n) is 7.35. The van der Waals surface area contributed by atoms with Crippen molar-refractivity contribution in [3.8, 4) is 0 Å². The Balaban J connectivity index is 1.41. The Morgan fingerprint density at radius 3 is 2.82 bits per heavy atom. The third-order valence-corrected chi connectivity index (χ3v) is 6.19. The number of unbranched alkanes of at least 4 members (excludes halogenated alkanes) is 1. The van der Waals surface area contributed by atoms with Gasteiger partial charge in [0.2, 0.25) is 0 Å². The van der Waals surface area contributed by atoms with Gasteiger partial charge in [-0.15, -0.1) is 11.3 Å². The zero-order valence-electron chi connectivity index (χ0n) is 17.1. The summed E-state index contributed by atoms with van der Waals surface area (Å²) in [6.07, 6.45) is 8.93. The molecule has 3 heterocycles. The molecule has 2 N–H and O–H groups in total. The second-order valence-corrected chi connectivity index (χ2v) is 8.29. The first-order valence-corrected chi connectivity index (χ1v) is 11.3. The SMILES string of the molecule is CN=C(NCCCCc1nc(C)cs1)NCC(c1ccco1)N1CCCCC1. The number of rotatable bonds is 9. The lowest BCUT2D eigenvalue weighted by Gasteiger charge is -2.33. The van der Waals surface area contributed by atoms with Gasteiger partial charge in [0.1, 0.15) is 5.76 Å². The van der Waals surface area contributed by atoms with Crippen molar-refractivity contribution < 1.29 is 4.42 Å². The van der Waals surface area contributed by atoms with Crippen molar-refractivity contribution in [1.82, 2.24) is 20.5 Å². The zero-order chi connectivity index (χ0) is 19.6. The van der Waals surface area contributed by atoms with Crippen molar-refractivity contribution in [3.63, 3.8) is 0 Å². The lowest BCUT2D eigenvalue weighted by Crippen LogP contribution is -2.44. The van der Waals surface area contributed by atoms with Crippen LogP contribution in [0.5, 0.6) is 0 Å². The van der Waals surface area contributed by atoms with Crippen molar-refractivity contribution >= 4 is 17.3 Å². The summed E-state index contributed by atoms with van der Waals surface area (Å²) in [5.41, 5.74) is 1.13. The summed E-state index contributed by atoms with van der Waals surface area (Å²) in [7, 11) is 1.83. The maximum atomic E-state index is 5.72. The van der Waals surface area contributed by atoms with Crippen molar-refractivity contribution in [2.45, 2.75) is 51.5 Å². The molecular formula is C21H33N5OS. The molecule has 6 nitrogen and oxygen atoms in total. The highest BCUT2D eigenvalue weighted by Gasteiger charge is 2.24. The van der Waals surface area contributed by atoms with E-state index in [4.69, 9.17) is 4.42 Å². The van der Waals surface area contributed by atoms with Gasteiger partial charge in [0.05, 0.1) is 17.3 Å². The van der Waals surface area contributed by atoms with Gasteiger partial charge in [0, 0.05) is 31.2 Å². The minimum atomic E-state index is 0.252. The van der Waals surface area contributed by atoms with Crippen LogP contribution in [0.2, 0.25) is 0 Å². The Hall–Kier alpha value is -1.86. The number of furan rings is 1. The fraction of sp³-hybridized carbons (Fsp3) is 0.619. The smallest absolute Gasteiger partial charge is 0.191 e. The molecule has 1 unspecified atom stereocenters. The molecule has 2 aromatic heterocycles. The molecule has 154 valence electrons. The molecule has 1 fully saturated rings. The molecule has 1 aliphatic heterocycles. The van der Waals surface area contributed by atoms with E-state index in [0.717, 1.165) is 62.9 Å². The van der Waals surface area contributed by atoms with E-state index in [0.29, 0.717) is 0 Å². The maximum Gasteiger partial charge on any atom is 0.191 e. The highest BCUT2D eigenvalue weighted by Crippen LogP contribution is 2.24. The summed E-state index contributed by atoms with van der Waals surface area (Å²) >= 11 is 1.76. The van der Waals surface area contributed by atoms with Crippen LogP contribution in [0.3, 0.4) is 0 Å². The highest BCUT2D eigenvalue weighted by atomic mass is 32.1. The quantitative estimate of drug-likeness (QED) is 0.379. The Bertz CT molecular complexity index is 706. The average molecular weight is 404 g/mol. The molecule has 1 atom stereocenters. The predicted molar refractivity (Wildman–Crippen MR) is 116 cm³/mol. The Labute approximate surface area is 172 Å². The summed E-state index contributed by atoms with van der Waals surface area (Å²) in [5.74, 6) is 1.89. The van der Waals surface area contributed by atoms with Crippen LogP contribution in [0.1, 0.15) is 54.6 Å². The summed E-state index contributed by atoms with van der Waals surface area (Å²) in [5, 5.41) is 10.3. The van der Waals surface area contributed by atoms with Gasteiger partial charge in [0.25, 0.3) is 0 Å². The van der Waals surface area contributed by atoms with E-state index in [1.165, 1.54) is 24.3 Å². The largest absolute Gasteiger partial charge is 0.468 e. The number of guanidine groups is 1. The predicted octanol–water partition coefficient (Wildman–Crippen LogP) is 3.76. The molecule has 3 rings (SSSR count). The topological polar surface area (TPSA) is 65.7 Å². The van der Waals surface area contributed by atoms with Crippen LogP contribution < -0.4 is 10.6 Å². The monoisotopic (exact) mass is 403 g/mol. The number of hydrogen-bond donors (Lipinski definition) is 2. The first-order valence-electron chi connectivity index (χ1n) is 10.4. The lowest BCUT2D eigenvalue weighted by molar-refractivity contribution is 0.146. The molecule has 0 radical (unpaired) electrons. The van der Waals surface area contributed by atoms with Crippen LogP contribution in [-0.4, -0.2) is 49.1 Å². The molecular weight excluding hydrogens is 370 g/mol. The molecule has 0 amide bonds. The summed E-state index contributed by atoms with van der Waals surface area (Å²) < 4.78 is 5.72. The molecule has 1 aliphatic rings. The first-order chi connectivity index (χ1) is 13.8. The number of thiazole rings is 1. The van der Waals surface area contributed by atoms with Gasteiger partial charge in [-0.2, -0.15) is 0 Å². The van der Waals surface area contributed by atoms with Gasteiger partial charge in [-0.3, -0.25) is 9.89 Å². The third kappa shape index (κ3) is 6.34. The third-order valence-electron chi connectivity index (χ3n) is 5.17. The van der Waals surface area contributed by atoms with E-state index >= 15 is 0 Å². The Morgan fingerprint density at radius 2 is 2.14 bits per heavy atom. The molecule has 28 heavy (non-hydrogen) atoms. The molecule has 0 bridgehead atoms. The van der Waals surface area contributed by atoms with Crippen LogP contribution in [-0.2, 0) is 6.42 Å². The van der Waals surface area contributed by atoms with Crippen LogP contribution in [0.4, 0.5) is 0 Å². The maximum absolute atomic E-state index is 5.72. The molecule has 2 aromatic rings. The number of aliphatic imine (C=N–C) groups is 1. The second kappa shape index (κ2) is 11.2. The summed E-state index contributed by atoms with van der Waals surface area (Å²) in [4.78, 5) is 11.4. The molecule has 7 heteroatoms. The van der Waals surface area contributed by atoms with E-state index in [1.807, 2.05) is 13.1 Å². The van der Waals surface area contributed by atoms with Gasteiger partial charge >= 0.3 is 0 Å². The molecule has 0 saturated carbocycles. The number of piperidine rings is 1. The fourth-order valence-electron chi connectivity index (χ4n) is 3.66. The minimum Gasteiger partial charge on any atom is -0.468 e. The van der Waals surface area contributed by atoms with Crippen LogP contribution in [0, 0.1) is 6.92 Å². The van der Waals surface area contributed by atoms with E-state index in [2.05, 4.69) is 43.9 Å². The molecule has 1 saturated heterocycles.